The Morgan fingerprint density at radius 1 is 1.37 bits per heavy atom. The molecule has 9 nitrogen and oxygen atoms in total. The van der Waals surface area contributed by atoms with Crippen molar-refractivity contribution in [1.82, 2.24) is 20.0 Å². The predicted molar refractivity (Wildman–Crippen MR) is 94.7 cm³/mol. The van der Waals surface area contributed by atoms with E-state index in [1.54, 1.807) is 31.3 Å². The second kappa shape index (κ2) is 6.57. The first-order valence-corrected chi connectivity index (χ1v) is 9.00. The van der Waals surface area contributed by atoms with Crippen LogP contribution in [-0.4, -0.2) is 39.1 Å². The highest BCUT2D eigenvalue weighted by atomic mass is 16.3. The number of hydrogen-bond acceptors (Lipinski definition) is 5. The Balaban J connectivity index is 1.45. The van der Waals surface area contributed by atoms with E-state index in [-0.39, 0.29) is 12.6 Å². The molecule has 9 heteroatoms. The monoisotopic (exact) mass is 371 g/mol. The maximum absolute atomic E-state index is 12.7. The number of amides is 4. The van der Waals surface area contributed by atoms with Gasteiger partial charge in [-0.2, -0.15) is 5.10 Å². The van der Waals surface area contributed by atoms with E-state index in [0.717, 1.165) is 30.6 Å². The number of imide groups is 1. The molecule has 1 saturated heterocycles. The van der Waals surface area contributed by atoms with E-state index in [1.165, 1.54) is 6.26 Å². The molecule has 2 aromatic heterocycles. The number of hydrogen-bond donors (Lipinski definition) is 2. The summed E-state index contributed by atoms with van der Waals surface area (Å²) in [5, 5.41) is 9.66. The van der Waals surface area contributed by atoms with Crippen molar-refractivity contribution in [2.24, 2.45) is 0 Å². The second-order valence-corrected chi connectivity index (χ2v) is 7.07. The summed E-state index contributed by atoms with van der Waals surface area (Å²) in [6.07, 6.45) is 7.41. The second-order valence-electron chi connectivity index (χ2n) is 7.07. The maximum Gasteiger partial charge on any atom is 0.325 e. The van der Waals surface area contributed by atoms with Gasteiger partial charge in [0.25, 0.3) is 5.91 Å². The molecule has 1 atom stereocenters. The lowest BCUT2D eigenvalue weighted by atomic mass is 9.99. The molecule has 2 aliphatic rings. The van der Waals surface area contributed by atoms with Gasteiger partial charge in [0.05, 0.1) is 18.5 Å². The summed E-state index contributed by atoms with van der Waals surface area (Å²) < 4.78 is 7.09. The van der Waals surface area contributed by atoms with Crippen molar-refractivity contribution >= 4 is 23.7 Å². The van der Waals surface area contributed by atoms with Gasteiger partial charge in [0, 0.05) is 6.07 Å². The third-order valence-electron chi connectivity index (χ3n) is 5.20. The Morgan fingerprint density at radius 3 is 2.85 bits per heavy atom. The number of nitrogens with zero attached hydrogens (tertiary/aromatic N) is 3. The molecular weight excluding hydrogens is 350 g/mol. The van der Waals surface area contributed by atoms with E-state index >= 15 is 0 Å². The van der Waals surface area contributed by atoms with Crippen molar-refractivity contribution in [3.8, 4) is 0 Å². The predicted octanol–water partition coefficient (Wildman–Crippen LogP) is 2.00. The van der Waals surface area contributed by atoms with Crippen LogP contribution in [0.25, 0.3) is 0 Å². The normalized spacial score (nSPS) is 23.1. The van der Waals surface area contributed by atoms with Gasteiger partial charge in [0.15, 0.2) is 5.54 Å². The topological polar surface area (TPSA) is 109 Å². The first kappa shape index (κ1) is 17.3. The fraction of sp³-hybridized carbons (Fsp3) is 0.444. The smallest absolute Gasteiger partial charge is 0.325 e. The molecule has 2 fully saturated rings. The molecule has 2 aromatic rings. The summed E-state index contributed by atoms with van der Waals surface area (Å²) in [7, 11) is 0. The Bertz CT molecular complexity index is 868. The lowest BCUT2D eigenvalue weighted by Gasteiger charge is -2.19. The molecule has 142 valence electrons. The molecule has 0 bridgehead atoms. The van der Waals surface area contributed by atoms with Gasteiger partial charge in [-0.05, 0) is 31.9 Å². The number of carbonyl (C=O) groups is 3. The van der Waals surface area contributed by atoms with Crippen LogP contribution in [0.5, 0.6) is 0 Å². The Hall–Kier alpha value is -3.10. The number of carbonyl (C=O) groups excluding carboxylic acids is 3. The zero-order valence-corrected chi connectivity index (χ0v) is 15.0. The first-order valence-electron chi connectivity index (χ1n) is 9.00. The quantitative estimate of drug-likeness (QED) is 0.781. The van der Waals surface area contributed by atoms with Crippen LogP contribution in [0.15, 0.2) is 35.1 Å². The van der Waals surface area contributed by atoms with Crippen molar-refractivity contribution < 1.29 is 18.8 Å². The van der Waals surface area contributed by atoms with E-state index in [0.29, 0.717) is 11.6 Å². The van der Waals surface area contributed by atoms with E-state index in [4.69, 9.17) is 4.42 Å². The maximum atomic E-state index is 12.7. The van der Waals surface area contributed by atoms with Crippen LogP contribution >= 0.6 is 0 Å². The minimum Gasteiger partial charge on any atom is -0.466 e. The first-order chi connectivity index (χ1) is 13.0. The van der Waals surface area contributed by atoms with Gasteiger partial charge in [0.1, 0.15) is 18.1 Å². The van der Waals surface area contributed by atoms with E-state index < -0.39 is 23.4 Å². The van der Waals surface area contributed by atoms with Crippen molar-refractivity contribution in [2.75, 3.05) is 11.9 Å². The van der Waals surface area contributed by atoms with Crippen LogP contribution in [0.3, 0.4) is 0 Å². The van der Waals surface area contributed by atoms with Gasteiger partial charge in [0.2, 0.25) is 5.91 Å². The number of rotatable bonds is 5. The van der Waals surface area contributed by atoms with Crippen LogP contribution in [0.2, 0.25) is 0 Å². The van der Waals surface area contributed by atoms with Crippen LogP contribution in [0.1, 0.15) is 44.4 Å². The molecule has 4 amide bonds. The average molecular weight is 371 g/mol. The molecule has 1 saturated carbocycles. The molecule has 0 radical (unpaired) electrons. The lowest BCUT2D eigenvalue weighted by molar-refractivity contribution is -0.134. The molecule has 0 spiro atoms. The average Bonchev–Trinajstić information content (AvgIpc) is 3.41. The Labute approximate surface area is 155 Å². The summed E-state index contributed by atoms with van der Waals surface area (Å²) >= 11 is 0. The van der Waals surface area contributed by atoms with Crippen LogP contribution in [0.4, 0.5) is 10.6 Å². The number of nitrogens with one attached hydrogen (secondary N) is 2. The van der Waals surface area contributed by atoms with Gasteiger partial charge < -0.3 is 15.1 Å². The zero-order chi connectivity index (χ0) is 19.0. The molecule has 1 unspecified atom stereocenters. The van der Waals surface area contributed by atoms with Crippen LogP contribution in [0, 0.1) is 0 Å². The SMILES string of the molecule is CC1(c2ccco2)NC(=O)N(CC(=O)Nc2ccnn2C2CCCC2)C1=O. The highest BCUT2D eigenvalue weighted by molar-refractivity contribution is 6.09. The molecular formula is C18H21N5O4. The van der Waals surface area contributed by atoms with Gasteiger partial charge in [-0.15, -0.1) is 0 Å². The molecule has 27 heavy (non-hydrogen) atoms. The Morgan fingerprint density at radius 2 is 2.15 bits per heavy atom. The van der Waals surface area contributed by atoms with E-state index in [1.807, 2.05) is 4.68 Å². The van der Waals surface area contributed by atoms with Crippen LogP contribution < -0.4 is 10.6 Å². The summed E-state index contributed by atoms with van der Waals surface area (Å²) in [5.74, 6) is -0.0836. The molecule has 4 rings (SSSR count). The Kier molecular flexibility index (Phi) is 4.21. The molecule has 3 heterocycles. The van der Waals surface area contributed by atoms with Gasteiger partial charge in [-0.3, -0.25) is 14.5 Å². The van der Waals surface area contributed by atoms with E-state index in [2.05, 4.69) is 15.7 Å². The van der Waals surface area contributed by atoms with Gasteiger partial charge in [-0.1, -0.05) is 12.8 Å². The number of anilines is 1. The standard InChI is InChI=1S/C18H21N5O4/c1-18(13-7-4-10-27-13)16(25)22(17(26)21-18)11-15(24)20-14-8-9-19-23(14)12-5-2-3-6-12/h4,7-10,12H,2-3,5-6,11H2,1H3,(H,20,24)(H,21,26). The highest BCUT2D eigenvalue weighted by Gasteiger charge is 2.51. The minimum atomic E-state index is -1.31. The number of aromatic nitrogens is 2. The van der Waals surface area contributed by atoms with Crippen LogP contribution in [-0.2, 0) is 15.1 Å². The molecule has 1 aliphatic heterocycles. The summed E-state index contributed by atoms with van der Waals surface area (Å²) in [6, 6.07) is 4.61. The fourth-order valence-corrected chi connectivity index (χ4v) is 3.75. The summed E-state index contributed by atoms with van der Waals surface area (Å²) in [6.45, 7) is 1.18. The fourth-order valence-electron chi connectivity index (χ4n) is 3.75. The number of furan rings is 1. The minimum absolute atomic E-state index is 0.272. The molecule has 2 N–H and O–H groups in total. The summed E-state index contributed by atoms with van der Waals surface area (Å²) in [5.41, 5.74) is -1.31. The largest absolute Gasteiger partial charge is 0.466 e. The third kappa shape index (κ3) is 2.98. The third-order valence-corrected chi connectivity index (χ3v) is 5.20. The van der Waals surface area contributed by atoms with Gasteiger partial charge >= 0.3 is 6.03 Å². The van der Waals surface area contributed by atoms with Crippen molar-refractivity contribution in [3.05, 3.63) is 36.4 Å². The number of urea groups is 1. The molecule has 1 aliphatic carbocycles. The molecule has 0 aromatic carbocycles. The van der Waals surface area contributed by atoms with E-state index in [9.17, 15) is 14.4 Å². The lowest BCUT2D eigenvalue weighted by Crippen LogP contribution is -2.42. The highest BCUT2D eigenvalue weighted by Crippen LogP contribution is 2.31. The zero-order valence-electron chi connectivity index (χ0n) is 15.0. The van der Waals surface area contributed by atoms with Crippen molar-refractivity contribution in [3.63, 3.8) is 0 Å². The van der Waals surface area contributed by atoms with Crippen molar-refractivity contribution in [1.29, 1.82) is 0 Å². The van der Waals surface area contributed by atoms with Crippen molar-refractivity contribution in [2.45, 2.75) is 44.2 Å². The summed E-state index contributed by atoms with van der Waals surface area (Å²) in [4.78, 5) is 38.4. The van der Waals surface area contributed by atoms with Gasteiger partial charge in [-0.25, -0.2) is 9.48 Å².